The molecule has 2 N–H and O–H groups in total. The Morgan fingerprint density at radius 3 is 2.53 bits per heavy atom. The minimum atomic E-state index is -3.24. The number of hydrogen-bond acceptors (Lipinski definition) is 4. The number of aromatic nitrogens is 2. The number of nitrogens with zero attached hydrogens (tertiary/aromatic N) is 1. The van der Waals surface area contributed by atoms with Crippen molar-refractivity contribution in [2.45, 2.75) is 11.4 Å². The average molecular weight is 279 g/mol. The molecule has 0 bridgehead atoms. The first-order valence-electron chi connectivity index (χ1n) is 5.53. The summed E-state index contributed by atoms with van der Waals surface area (Å²) in [6.07, 6.45) is 4.43. The summed E-state index contributed by atoms with van der Waals surface area (Å²) >= 11 is 0. The van der Waals surface area contributed by atoms with Crippen LogP contribution in [-0.2, 0) is 16.4 Å². The molecule has 19 heavy (non-hydrogen) atoms. The van der Waals surface area contributed by atoms with E-state index in [1.165, 1.54) is 24.3 Å². The van der Waals surface area contributed by atoms with E-state index >= 15 is 0 Å². The molecule has 1 aromatic heterocycles. The summed E-state index contributed by atoms with van der Waals surface area (Å²) in [7, 11) is -3.24. The molecule has 100 valence electrons. The third kappa shape index (κ3) is 3.41. The predicted molar refractivity (Wildman–Crippen MR) is 69.3 cm³/mol. The summed E-state index contributed by atoms with van der Waals surface area (Å²) in [6, 6.07) is 5.81. The summed E-state index contributed by atoms with van der Waals surface area (Å²) in [5.74, 6) is -0.263. The molecule has 0 atom stereocenters. The number of H-pyrrole nitrogens is 1. The van der Waals surface area contributed by atoms with E-state index in [1.807, 2.05) is 0 Å². The maximum Gasteiger partial charge on any atom is 0.251 e. The van der Waals surface area contributed by atoms with Crippen molar-refractivity contribution >= 4 is 15.7 Å². The van der Waals surface area contributed by atoms with Crippen molar-refractivity contribution in [3.63, 3.8) is 0 Å². The highest BCUT2D eigenvalue weighted by molar-refractivity contribution is 7.90. The zero-order valence-electron chi connectivity index (χ0n) is 10.3. The minimum Gasteiger partial charge on any atom is -0.348 e. The van der Waals surface area contributed by atoms with Gasteiger partial charge in [-0.2, -0.15) is 5.10 Å². The quantitative estimate of drug-likeness (QED) is 0.863. The normalized spacial score (nSPS) is 11.2. The highest BCUT2D eigenvalue weighted by atomic mass is 32.2. The molecular formula is C12H13N3O3S. The maximum absolute atomic E-state index is 11.8. The fourth-order valence-corrected chi connectivity index (χ4v) is 2.14. The largest absolute Gasteiger partial charge is 0.348 e. The van der Waals surface area contributed by atoms with Gasteiger partial charge in [-0.15, -0.1) is 0 Å². The first-order valence-corrected chi connectivity index (χ1v) is 7.42. The van der Waals surface area contributed by atoms with E-state index in [2.05, 4.69) is 15.5 Å². The third-order valence-corrected chi connectivity index (χ3v) is 3.68. The van der Waals surface area contributed by atoms with Crippen LogP contribution in [0.3, 0.4) is 0 Å². The lowest BCUT2D eigenvalue weighted by Gasteiger charge is -2.04. The number of carbonyl (C=O) groups excluding carboxylic acids is 1. The Hall–Kier alpha value is -2.15. The topological polar surface area (TPSA) is 91.9 Å². The molecule has 0 fully saturated rings. The summed E-state index contributed by atoms with van der Waals surface area (Å²) in [5, 5.41) is 9.13. The second-order valence-electron chi connectivity index (χ2n) is 4.09. The summed E-state index contributed by atoms with van der Waals surface area (Å²) in [5.41, 5.74) is 1.28. The predicted octanol–water partition coefficient (Wildman–Crippen LogP) is 0.743. The van der Waals surface area contributed by atoms with Crippen LogP contribution in [0.15, 0.2) is 41.6 Å². The monoisotopic (exact) mass is 279 g/mol. The Morgan fingerprint density at radius 1 is 1.32 bits per heavy atom. The molecule has 0 aliphatic heterocycles. The molecule has 2 aromatic rings. The smallest absolute Gasteiger partial charge is 0.251 e. The Bertz CT molecular complexity index is 661. The molecule has 0 spiro atoms. The van der Waals surface area contributed by atoms with E-state index in [4.69, 9.17) is 0 Å². The van der Waals surface area contributed by atoms with Gasteiger partial charge in [0.2, 0.25) is 0 Å². The molecule has 0 saturated heterocycles. The van der Waals surface area contributed by atoms with Crippen LogP contribution in [0.2, 0.25) is 0 Å². The Morgan fingerprint density at radius 2 is 2.00 bits per heavy atom. The van der Waals surface area contributed by atoms with Gasteiger partial charge in [0.1, 0.15) is 0 Å². The molecule has 7 heteroatoms. The molecule has 1 aromatic carbocycles. The molecule has 0 aliphatic rings. The number of sulfone groups is 1. The third-order valence-electron chi connectivity index (χ3n) is 2.55. The molecule has 2 rings (SSSR count). The lowest BCUT2D eigenvalue weighted by Crippen LogP contribution is -2.22. The van der Waals surface area contributed by atoms with Crippen molar-refractivity contribution in [1.29, 1.82) is 0 Å². The lowest BCUT2D eigenvalue weighted by atomic mass is 10.2. The summed E-state index contributed by atoms with van der Waals surface area (Å²) in [4.78, 5) is 12.0. The van der Waals surface area contributed by atoms with Crippen molar-refractivity contribution in [2.75, 3.05) is 6.26 Å². The van der Waals surface area contributed by atoms with E-state index in [0.717, 1.165) is 11.8 Å². The molecule has 0 radical (unpaired) electrons. The van der Waals surface area contributed by atoms with Crippen molar-refractivity contribution in [3.8, 4) is 0 Å². The van der Waals surface area contributed by atoms with Crippen LogP contribution >= 0.6 is 0 Å². The van der Waals surface area contributed by atoms with Gasteiger partial charge in [0, 0.05) is 30.1 Å². The molecule has 0 unspecified atom stereocenters. The van der Waals surface area contributed by atoms with E-state index < -0.39 is 9.84 Å². The van der Waals surface area contributed by atoms with Gasteiger partial charge in [-0.1, -0.05) is 0 Å². The van der Waals surface area contributed by atoms with Gasteiger partial charge >= 0.3 is 0 Å². The molecule has 0 saturated carbocycles. The first kappa shape index (κ1) is 13.3. The van der Waals surface area contributed by atoms with Crippen LogP contribution in [0.25, 0.3) is 0 Å². The Labute approximate surface area is 110 Å². The van der Waals surface area contributed by atoms with Crippen LogP contribution in [0.4, 0.5) is 0 Å². The minimum absolute atomic E-state index is 0.193. The number of benzene rings is 1. The maximum atomic E-state index is 11.8. The molecule has 6 nitrogen and oxygen atoms in total. The molecular weight excluding hydrogens is 266 g/mol. The van der Waals surface area contributed by atoms with Crippen LogP contribution in [0, 0.1) is 0 Å². The highest BCUT2D eigenvalue weighted by Gasteiger charge is 2.09. The van der Waals surface area contributed by atoms with Gasteiger partial charge in [-0.25, -0.2) is 8.42 Å². The van der Waals surface area contributed by atoms with Gasteiger partial charge in [-0.3, -0.25) is 9.89 Å². The zero-order chi connectivity index (χ0) is 13.9. The first-order chi connectivity index (χ1) is 8.97. The van der Waals surface area contributed by atoms with Gasteiger partial charge in [0.05, 0.1) is 11.1 Å². The van der Waals surface area contributed by atoms with E-state index in [9.17, 15) is 13.2 Å². The van der Waals surface area contributed by atoms with E-state index in [-0.39, 0.29) is 10.8 Å². The molecule has 1 heterocycles. The van der Waals surface area contributed by atoms with Gasteiger partial charge in [0.15, 0.2) is 9.84 Å². The molecule has 0 aliphatic carbocycles. The van der Waals surface area contributed by atoms with Crippen molar-refractivity contribution < 1.29 is 13.2 Å². The average Bonchev–Trinajstić information content (AvgIpc) is 2.88. The molecule has 1 amide bonds. The summed E-state index contributed by atoms with van der Waals surface area (Å²) < 4.78 is 22.6. The number of amides is 1. The Kier molecular flexibility index (Phi) is 3.66. The van der Waals surface area contributed by atoms with Crippen molar-refractivity contribution in [3.05, 3.63) is 47.8 Å². The van der Waals surface area contributed by atoms with Gasteiger partial charge in [0.25, 0.3) is 5.91 Å². The van der Waals surface area contributed by atoms with Crippen LogP contribution in [0.1, 0.15) is 15.9 Å². The number of carbonyl (C=O) groups is 1. The second-order valence-corrected chi connectivity index (χ2v) is 6.10. The SMILES string of the molecule is CS(=O)(=O)c1ccc(C(=O)NCc2cn[nH]c2)cc1. The fourth-order valence-electron chi connectivity index (χ4n) is 1.51. The number of aromatic amines is 1. The number of rotatable bonds is 4. The number of hydrogen-bond donors (Lipinski definition) is 2. The fraction of sp³-hybridized carbons (Fsp3) is 0.167. The summed E-state index contributed by atoms with van der Waals surface area (Å²) in [6.45, 7) is 0.364. The standard InChI is InChI=1S/C12H13N3O3S/c1-19(17,18)11-4-2-10(3-5-11)12(16)13-6-9-7-14-15-8-9/h2-5,7-8H,6H2,1H3,(H,13,16)(H,14,15). The van der Waals surface area contributed by atoms with E-state index in [1.54, 1.807) is 12.4 Å². The number of nitrogens with one attached hydrogen (secondary N) is 2. The lowest BCUT2D eigenvalue weighted by molar-refractivity contribution is 0.0951. The van der Waals surface area contributed by atoms with Crippen LogP contribution in [0.5, 0.6) is 0 Å². The second kappa shape index (κ2) is 5.23. The zero-order valence-corrected chi connectivity index (χ0v) is 11.1. The van der Waals surface area contributed by atoms with Gasteiger partial charge in [-0.05, 0) is 24.3 Å². The highest BCUT2D eigenvalue weighted by Crippen LogP contribution is 2.10. The van der Waals surface area contributed by atoms with Crippen molar-refractivity contribution in [1.82, 2.24) is 15.5 Å². The van der Waals surface area contributed by atoms with Crippen LogP contribution in [-0.4, -0.2) is 30.8 Å². The van der Waals surface area contributed by atoms with Crippen molar-refractivity contribution in [2.24, 2.45) is 0 Å². The van der Waals surface area contributed by atoms with E-state index in [0.29, 0.717) is 12.1 Å². The van der Waals surface area contributed by atoms with Gasteiger partial charge < -0.3 is 5.32 Å². The Balaban J connectivity index is 2.04. The van der Waals surface area contributed by atoms with Crippen LogP contribution < -0.4 is 5.32 Å².